The Balaban J connectivity index is 2.38. The second-order valence-electron chi connectivity index (χ2n) is 5.36. The Morgan fingerprint density at radius 3 is 2.67 bits per heavy atom. The summed E-state index contributed by atoms with van der Waals surface area (Å²) in [4.78, 5) is 0.359. The quantitative estimate of drug-likeness (QED) is 0.854. The average molecular weight is 313 g/mol. The lowest BCUT2D eigenvalue weighted by molar-refractivity contribution is 0.0102. The van der Waals surface area contributed by atoms with Gasteiger partial charge in [0, 0.05) is 13.1 Å². The van der Waals surface area contributed by atoms with E-state index in [9.17, 15) is 8.42 Å². The van der Waals surface area contributed by atoms with Crippen molar-refractivity contribution in [3.05, 3.63) is 23.3 Å². The van der Waals surface area contributed by atoms with Crippen molar-refractivity contribution in [3.8, 4) is 5.75 Å². The summed E-state index contributed by atoms with van der Waals surface area (Å²) in [5, 5.41) is 0. The summed E-state index contributed by atoms with van der Waals surface area (Å²) in [5.74, 6) is 0.740. The van der Waals surface area contributed by atoms with Gasteiger partial charge < -0.3 is 9.47 Å². The maximum atomic E-state index is 12.8. The zero-order valence-corrected chi connectivity index (χ0v) is 13.9. The van der Waals surface area contributed by atoms with Crippen LogP contribution in [0.2, 0.25) is 0 Å². The molecule has 0 spiro atoms. The molecule has 1 aliphatic heterocycles. The van der Waals surface area contributed by atoms with Crippen LogP contribution in [0, 0.1) is 13.8 Å². The third kappa shape index (κ3) is 3.39. The first kappa shape index (κ1) is 16.3. The summed E-state index contributed by atoms with van der Waals surface area (Å²) in [6.07, 6.45) is -0.0716. The Hall–Kier alpha value is -1.11. The minimum absolute atomic E-state index is 0.0716. The van der Waals surface area contributed by atoms with E-state index in [2.05, 4.69) is 0 Å². The smallest absolute Gasteiger partial charge is 0.243 e. The molecule has 6 heteroatoms. The Bertz CT molecular complexity index is 612. The van der Waals surface area contributed by atoms with Crippen LogP contribution in [0.25, 0.3) is 0 Å². The van der Waals surface area contributed by atoms with Gasteiger partial charge in [-0.3, -0.25) is 0 Å². The largest absolute Gasteiger partial charge is 0.494 e. The Labute approximate surface area is 126 Å². The summed E-state index contributed by atoms with van der Waals surface area (Å²) in [7, 11) is -3.48. The highest BCUT2D eigenvalue weighted by atomic mass is 32.2. The summed E-state index contributed by atoms with van der Waals surface area (Å²) in [6, 6.07) is 3.51. The zero-order valence-electron chi connectivity index (χ0n) is 13.0. The van der Waals surface area contributed by atoms with Crippen LogP contribution in [-0.2, 0) is 14.8 Å². The molecule has 0 bridgehead atoms. The normalized spacial score (nSPS) is 20.5. The highest BCUT2D eigenvalue weighted by Gasteiger charge is 2.30. The second-order valence-corrected chi connectivity index (χ2v) is 7.27. The molecule has 0 aromatic heterocycles. The second kappa shape index (κ2) is 6.34. The highest BCUT2D eigenvalue weighted by molar-refractivity contribution is 7.89. The molecule has 1 unspecified atom stereocenters. The monoisotopic (exact) mass is 313 g/mol. The molecule has 0 radical (unpaired) electrons. The highest BCUT2D eigenvalue weighted by Crippen LogP contribution is 2.28. The average Bonchev–Trinajstić information content (AvgIpc) is 2.42. The van der Waals surface area contributed by atoms with Crippen molar-refractivity contribution in [3.63, 3.8) is 0 Å². The minimum atomic E-state index is -3.48. The molecule has 1 heterocycles. The van der Waals surface area contributed by atoms with E-state index in [0.717, 1.165) is 11.3 Å². The molecular formula is C15H23NO4S. The van der Waals surface area contributed by atoms with E-state index in [4.69, 9.17) is 9.47 Å². The molecule has 1 aliphatic rings. The van der Waals surface area contributed by atoms with E-state index in [-0.39, 0.29) is 6.10 Å². The third-order valence-electron chi connectivity index (χ3n) is 3.59. The molecular weight excluding hydrogens is 290 g/mol. The first-order valence-electron chi connectivity index (χ1n) is 7.22. The topological polar surface area (TPSA) is 55.8 Å². The fourth-order valence-corrected chi connectivity index (χ4v) is 4.29. The van der Waals surface area contributed by atoms with Crippen LogP contribution < -0.4 is 4.74 Å². The molecule has 1 aromatic carbocycles. The summed E-state index contributed by atoms with van der Waals surface area (Å²) in [6.45, 7) is 9.27. The number of sulfonamides is 1. The Morgan fingerprint density at radius 1 is 1.33 bits per heavy atom. The first-order chi connectivity index (χ1) is 9.86. The Morgan fingerprint density at radius 2 is 2.05 bits per heavy atom. The number of nitrogens with zero attached hydrogens (tertiary/aromatic N) is 1. The number of morpholine rings is 1. The maximum Gasteiger partial charge on any atom is 0.243 e. The molecule has 0 aliphatic carbocycles. The fraction of sp³-hybridized carbons (Fsp3) is 0.600. The standard InChI is InChI=1S/C15H23NO4S/c1-5-19-14-8-12(3)15(9-11(14)2)21(17,18)16-6-7-20-13(4)10-16/h8-9,13H,5-7,10H2,1-4H3. The van der Waals surface area contributed by atoms with E-state index in [1.54, 1.807) is 19.1 Å². The van der Waals surface area contributed by atoms with Crippen molar-refractivity contribution >= 4 is 10.0 Å². The van der Waals surface area contributed by atoms with Gasteiger partial charge in [0.2, 0.25) is 10.0 Å². The molecule has 21 heavy (non-hydrogen) atoms. The zero-order chi connectivity index (χ0) is 15.6. The Kier molecular flexibility index (Phi) is 4.91. The molecule has 118 valence electrons. The molecule has 0 amide bonds. The lowest BCUT2D eigenvalue weighted by Crippen LogP contribution is -2.44. The van der Waals surface area contributed by atoms with Crippen molar-refractivity contribution < 1.29 is 17.9 Å². The van der Waals surface area contributed by atoms with Crippen LogP contribution in [-0.4, -0.2) is 45.1 Å². The molecule has 1 aromatic rings. The van der Waals surface area contributed by atoms with Gasteiger partial charge in [-0.2, -0.15) is 4.31 Å². The third-order valence-corrected chi connectivity index (χ3v) is 5.60. The van der Waals surface area contributed by atoms with Gasteiger partial charge in [0.05, 0.1) is 24.2 Å². The first-order valence-corrected chi connectivity index (χ1v) is 8.66. The van der Waals surface area contributed by atoms with E-state index >= 15 is 0 Å². The number of ether oxygens (including phenoxy) is 2. The predicted molar refractivity (Wildman–Crippen MR) is 81.3 cm³/mol. The van der Waals surface area contributed by atoms with Gasteiger partial charge in [0.1, 0.15) is 5.75 Å². The minimum Gasteiger partial charge on any atom is -0.494 e. The van der Waals surface area contributed by atoms with E-state index < -0.39 is 10.0 Å². The number of benzene rings is 1. The van der Waals surface area contributed by atoms with Crippen molar-refractivity contribution in [2.45, 2.75) is 38.7 Å². The number of hydrogen-bond donors (Lipinski definition) is 0. The van der Waals surface area contributed by atoms with Crippen LogP contribution >= 0.6 is 0 Å². The maximum absolute atomic E-state index is 12.8. The number of rotatable bonds is 4. The van der Waals surface area contributed by atoms with Crippen molar-refractivity contribution in [1.29, 1.82) is 0 Å². The summed E-state index contributed by atoms with van der Waals surface area (Å²) >= 11 is 0. The lowest BCUT2D eigenvalue weighted by Gasteiger charge is -2.30. The molecule has 0 saturated carbocycles. The van der Waals surface area contributed by atoms with Crippen molar-refractivity contribution in [1.82, 2.24) is 4.31 Å². The molecule has 1 saturated heterocycles. The van der Waals surface area contributed by atoms with Crippen LogP contribution in [0.1, 0.15) is 25.0 Å². The van der Waals surface area contributed by atoms with Crippen LogP contribution in [0.3, 0.4) is 0 Å². The molecule has 1 fully saturated rings. The predicted octanol–water partition coefficient (Wildman–Crippen LogP) is 2.11. The van der Waals surface area contributed by atoms with Gasteiger partial charge in [0.25, 0.3) is 0 Å². The molecule has 1 atom stereocenters. The van der Waals surface area contributed by atoms with Gasteiger partial charge in [0.15, 0.2) is 0 Å². The fourth-order valence-electron chi connectivity index (χ4n) is 2.50. The van der Waals surface area contributed by atoms with Crippen molar-refractivity contribution in [2.24, 2.45) is 0 Å². The van der Waals surface area contributed by atoms with E-state index in [0.29, 0.717) is 36.8 Å². The van der Waals surface area contributed by atoms with Gasteiger partial charge in [-0.25, -0.2) is 8.42 Å². The van der Waals surface area contributed by atoms with Crippen LogP contribution in [0.15, 0.2) is 17.0 Å². The summed E-state index contributed by atoms with van der Waals surface area (Å²) in [5.41, 5.74) is 1.55. The number of hydrogen-bond acceptors (Lipinski definition) is 4. The summed E-state index contributed by atoms with van der Waals surface area (Å²) < 4.78 is 38.0. The number of aryl methyl sites for hydroxylation is 2. The van der Waals surface area contributed by atoms with Gasteiger partial charge in [-0.15, -0.1) is 0 Å². The lowest BCUT2D eigenvalue weighted by atomic mass is 10.1. The van der Waals surface area contributed by atoms with Gasteiger partial charge in [-0.1, -0.05) is 0 Å². The SMILES string of the molecule is CCOc1cc(C)c(S(=O)(=O)N2CCOC(C)C2)cc1C. The van der Waals surface area contributed by atoms with Crippen LogP contribution in [0.4, 0.5) is 0 Å². The molecule has 0 N–H and O–H groups in total. The van der Waals surface area contributed by atoms with Crippen LogP contribution in [0.5, 0.6) is 5.75 Å². The molecule has 2 rings (SSSR count). The van der Waals surface area contributed by atoms with Crippen molar-refractivity contribution in [2.75, 3.05) is 26.3 Å². The van der Waals surface area contributed by atoms with Gasteiger partial charge >= 0.3 is 0 Å². The molecule has 5 nitrogen and oxygen atoms in total. The van der Waals surface area contributed by atoms with E-state index in [1.807, 2.05) is 20.8 Å². The van der Waals surface area contributed by atoms with Gasteiger partial charge in [-0.05, 0) is 51.0 Å². The van der Waals surface area contributed by atoms with E-state index in [1.165, 1.54) is 4.31 Å².